The summed E-state index contributed by atoms with van der Waals surface area (Å²) in [6.07, 6.45) is 3.99. The van der Waals surface area contributed by atoms with Crippen LogP contribution in [0.5, 0.6) is 11.5 Å². The molecule has 2 rings (SSSR count). The van der Waals surface area contributed by atoms with Crippen LogP contribution < -0.4 is 14.8 Å². The van der Waals surface area contributed by atoms with Gasteiger partial charge in [-0.15, -0.1) is 0 Å². The van der Waals surface area contributed by atoms with E-state index in [1.807, 2.05) is 12.1 Å². The van der Waals surface area contributed by atoms with E-state index in [2.05, 4.69) is 24.0 Å². The minimum absolute atomic E-state index is 0.145. The van der Waals surface area contributed by atoms with Gasteiger partial charge in [0.15, 0.2) is 0 Å². The molecule has 1 fully saturated rings. The molecule has 6 nitrogen and oxygen atoms in total. The third kappa shape index (κ3) is 4.88. The van der Waals surface area contributed by atoms with Crippen LogP contribution in [0.15, 0.2) is 18.2 Å². The molecule has 1 unspecified atom stereocenters. The molecule has 25 heavy (non-hydrogen) atoms. The second-order valence-electron chi connectivity index (χ2n) is 5.88. The molecule has 1 atom stereocenters. The maximum absolute atomic E-state index is 9.32. The molecule has 0 radical (unpaired) electrons. The van der Waals surface area contributed by atoms with Crippen LogP contribution in [-0.4, -0.2) is 37.0 Å². The first kappa shape index (κ1) is 19.6. The Morgan fingerprint density at radius 3 is 2.64 bits per heavy atom. The first-order chi connectivity index (χ1) is 12.2. The molecule has 138 valence electrons. The second-order valence-corrected chi connectivity index (χ2v) is 6.41. The topological polar surface area (TPSA) is 76.1 Å². The van der Waals surface area contributed by atoms with E-state index in [0.29, 0.717) is 43.4 Å². The smallest absolute Gasteiger partial charge is 0.380 e. The highest BCUT2D eigenvalue weighted by Crippen LogP contribution is 2.40. The van der Waals surface area contributed by atoms with Crippen molar-refractivity contribution in [2.45, 2.75) is 44.6 Å². The Morgan fingerprint density at radius 1 is 1.24 bits per heavy atom. The van der Waals surface area contributed by atoms with Crippen LogP contribution >= 0.6 is 11.6 Å². The normalized spacial score (nSPS) is 19.9. The van der Waals surface area contributed by atoms with Crippen LogP contribution in [0.3, 0.4) is 0 Å². The summed E-state index contributed by atoms with van der Waals surface area (Å²) in [5.41, 5.74) is 9.89. The first-order valence-corrected chi connectivity index (χ1v) is 9.22. The van der Waals surface area contributed by atoms with E-state index in [1.165, 1.54) is 0 Å². The Bertz CT molecular complexity index is 620. The molecule has 1 aliphatic heterocycles. The molecular formula is C18H26ClN3O3. The van der Waals surface area contributed by atoms with Crippen LogP contribution in [0.2, 0.25) is 0 Å². The lowest BCUT2D eigenvalue weighted by Crippen LogP contribution is -2.50. The molecule has 1 aromatic carbocycles. The van der Waals surface area contributed by atoms with Crippen molar-refractivity contribution in [1.29, 1.82) is 0 Å². The Hall–Kier alpha value is -1.75. The zero-order valence-electron chi connectivity index (χ0n) is 14.9. The fraction of sp³-hybridized carbons (Fsp3) is 0.611. The molecule has 1 aliphatic rings. The molecule has 0 saturated carbocycles. The average molecular weight is 368 g/mol. The Balaban J connectivity index is 2.35. The predicted octanol–water partition coefficient (Wildman–Crippen LogP) is 3.68. The summed E-state index contributed by atoms with van der Waals surface area (Å²) in [6, 6.07) is 5.47. The SMILES string of the molecule is CCCCOc1ccc(OCCCC)c(C2(Cl)OCCNC2=[N+]=[N-])c1. The van der Waals surface area contributed by atoms with Gasteiger partial charge in [-0.05, 0) is 31.0 Å². The van der Waals surface area contributed by atoms with Gasteiger partial charge in [-0.25, -0.2) is 0 Å². The number of hydrogen-bond acceptors (Lipinski definition) is 3. The highest BCUT2D eigenvalue weighted by Gasteiger charge is 2.48. The van der Waals surface area contributed by atoms with Gasteiger partial charge in [0.05, 0.1) is 25.4 Å². The highest BCUT2D eigenvalue weighted by molar-refractivity contribution is 6.34. The lowest BCUT2D eigenvalue weighted by atomic mass is 10.0. The van der Waals surface area contributed by atoms with Crippen molar-refractivity contribution in [1.82, 2.24) is 5.32 Å². The highest BCUT2D eigenvalue weighted by atomic mass is 35.5. The van der Waals surface area contributed by atoms with Crippen LogP contribution in [0.1, 0.15) is 45.1 Å². The number of nitrogens with zero attached hydrogens (tertiary/aromatic N) is 2. The Morgan fingerprint density at radius 2 is 1.96 bits per heavy atom. The molecule has 0 aromatic heterocycles. The summed E-state index contributed by atoms with van der Waals surface area (Å²) in [7, 11) is 0. The quantitative estimate of drug-likeness (QED) is 0.312. The average Bonchev–Trinajstić information content (AvgIpc) is 2.63. The minimum Gasteiger partial charge on any atom is -0.497 e. The standard InChI is InChI=1S/C18H26ClN3O3/c1-3-5-10-23-14-7-8-16(24-11-6-4-2)15(13-14)18(19)17(22-20)21-9-12-25-18/h7-8,13,21H,3-6,9-12H2,1-2H3. The van der Waals surface area contributed by atoms with Crippen LogP contribution in [-0.2, 0) is 9.80 Å². The van der Waals surface area contributed by atoms with Gasteiger partial charge >= 0.3 is 5.84 Å². The number of morpholine rings is 1. The molecule has 7 heteroatoms. The molecular weight excluding hydrogens is 342 g/mol. The van der Waals surface area contributed by atoms with Gasteiger partial charge in [0.25, 0.3) is 5.06 Å². The van der Waals surface area contributed by atoms with Gasteiger partial charge in [0.1, 0.15) is 18.0 Å². The summed E-state index contributed by atoms with van der Waals surface area (Å²) in [5.74, 6) is 1.42. The van der Waals surface area contributed by atoms with E-state index in [1.54, 1.807) is 6.07 Å². The number of benzene rings is 1. The lowest BCUT2D eigenvalue weighted by Gasteiger charge is -2.29. The van der Waals surface area contributed by atoms with Gasteiger partial charge in [0, 0.05) is 0 Å². The van der Waals surface area contributed by atoms with Crippen molar-refractivity contribution < 1.29 is 19.0 Å². The number of rotatable bonds is 9. The van der Waals surface area contributed by atoms with Crippen molar-refractivity contribution in [3.05, 3.63) is 29.3 Å². The van der Waals surface area contributed by atoms with Crippen molar-refractivity contribution in [3.63, 3.8) is 0 Å². The molecule has 1 aromatic rings. The van der Waals surface area contributed by atoms with Crippen molar-refractivity contribution in [3.8, 4) is 11.5 Å². The number of nitrogens with one attached hydrogen (secondary N) is 1. The van der Waals surface area contributed by atoms with E-state index in [0.717, 1.165) is 25.7 Å². The molecule has 0 spiro atoms. The van der Waals surface area contributed by atoms with Crippen LogP contribution in [0.4, 0.5) is 0 Å². The van der Waals surface area contributed by atoms with Crippen molar-refractivity contribution in [2.75, 3.05) is 26.4 Å². The van der Waals surface area contributed by atoms with Crippen molar-refractivity contribution >= 4 is 17.4 Å². The molecule has 0 bridgehead atoms. The fourth-order valence-corrected chi connectivity index (χ4v) is 2.81. The maximum Gasteiger partial charge on any atom is 0.380 e. The summed E-state index contributed by atoms with van der Waals surface area (Å²) >= 11 is 6.71. The Kier molecular flexibility index (Phi) is 7.56. The van der Waals surface area contributed by atoms with Gasteiger partial charge < -0.3 is 24.5 Å². The van der Waals surface area contributed by atoms with Crippen LogP contribution in [0.25, 0.3) is 5.53 Å². The van der Waals surface area contributed by atoms with E-state index in [4.69, 9.17) is 25.8 Å². The van der Waals surface area contributed by atoms with Crippen LogP contribution in [0, 0.1) is 0 Å². The summed E-state index contributed by atoms with van der Waals surface area (Å²) in [5, 5.41) is 1.54. The van der Waals surface area contributed by atoms with E-state index >= 15 is 0 Å². The molecule has 1 saturated heterocycles. The summed E-state index contributed by atoms with van der Waals surface area (Å²) < 4.78 is 17.4. The van der Waals surface area contributed by atoms with Gasteiger partial charge in [-0.3, -0.25) is 5.32 Å². The fourth-order valence-electron chi connectivity index (χ4n) is 2.48. The van der Waals surface area contributed by atoms with E-state index in [9.17, 15) is 5.53 Å². The minimum atomic E-state index is -1.43. The molecule has 0 aliphatic carbocycles. The number of alkyl halides is 1. The monoisotopic (exact) mass is 367 g/mol. The predicted molar refractivity (Wildman–Crippen MR) is 97.4 cm³/mol. The Labute approximate surface area is 154 Å². The number of halogens is 1. The van der Waals surface area contributed by atoms with Crippen molar-refractivity contribution in [2.24, 2.45) is 0 Å². The van der Waals surface area contributed by atoms with Gasteiger partial charge in [-0.2, -0.15) is 0 Å². The van der Waals surface area contributed by atoms with Gasteiger partial charge in [0.2, 0.25) is 0 Å². The van der Waals surface area contributed by atoms with E-state index < -0.39 is 5.06 Å². The molecule has 0 amide bonds. The summed E-state index contributed by atoms with van der Waals surface area (Å²) in [6.45, 7) is 6.32. The zero-order chi connectivity index (χ0) is 18.1. The maximum atomic E-state index is 9.32. The molecule has 1 N–H and O–H groups in total. The number of ether oxygens (including phenoxy) is 3. The third-order valence-corrected chi connectivity index (χ3v) is 4.41. The summed E-state index contributed by atoms with van der Waals surface area (Å²) in [4.78, 5) is 3.27. The first-order valence-electron chi connectivity index (χ1n) is 8.85. The molecule has 1 heterocycles. The third-order valence-electron chi connectivity index (χ3n) is 3.92. The zero-order valence-corrected chi connectivity index (χ0v) is 15.6. The largest absolute Gasteiger partial charge is 0.497 e. The van der Waals surface area contributed by atoms with Gasteiger partial charge in [-0.1, -0.05) is 38.3 Å². The number of unbranched alkanes of at least 4 members (excludes halogenated alkanes) is 2. The lowest BCUT2D eigenvalue weighted by molar-refractivity contribution is -0.0583. The second kappa shape index (κ2) is 9.66. The number of hydrogen-bond donors (Lipinski definition) is 1. The van der Waals surface area contributed by atoms with E-state index in [-0.39, 0.29) is 5.84 Å². The number of amidine groups is 1.